The number of fused-ring (bicyclic) bond motifs is 1. The summed E-state index contributed by atoms with van der Waals surface area (Å²) in [6.45, 7) is 0. The monoisotopic (exact) mass is 411 g/mol. The summed E-state index contributed by atoms with van der Waals surface area (Å²) in [6.07, 6.45) is 1.69. The van der Waals surface area contributed by atoms with Gasteiger partial charge in [-0.2, -0.15) is 0 Å². The average Bonchev–Trinajstić information content (AvgIpc) is 2.63. The van der Waals surface area contributed by atoms with Gasteiger partial charge in [0.2, 0.25) is 0 Å². The molecular formula is C19H11BrClN3O. The van der Waals surface area contributed by atoms with E-state index in [-0.39, 0.29) is 5.56 Å². The molecule has 2 heterocycles. The number of benzene rings is 2. The van der Waals surface area contributed by atoms with Crippen LogP contribution in [-0.2, 0) is 0 Å². The van der Waals surface area contributed by atoms with Crippen LogP contribution in [0.25, 0.3) is 28.0 Å². The second-order valence-corrected chi connectivity index (χ2v) is 6.69. The molecule has 0 saturated carbocycles. The Balaban J connectivity index is 2.09. The first-order valence-corrected chi connectivity index (χ1v) is 8.70. The van der Waals surface area contributed by atoms with Gasteiger partial charge < -0.3 is 0 Å². The number of para-hydroxylation sites is 1. The molecule has 0 spiro atoms. The lowest BCUT2D eigenvalue weighted by Crippen LogP contribution is -2.22. The third kappa shape index (κ3) is 2.97. The van der Waals surface area contributed by atoms with Gasteiger partial charge in [0.1, 0.15) is 10.4 Å². The van der Waals surface area contributed by atoms with Crippen molar-refractivity contribution in [3.8, 4) is 17.1 Å². The van der Waals surface area contributed by atoms with Crippen LogP contribution in [0.15, 0.2) is 76.3 Å². The minimum Gasteiger partial charge on any atom is -0.268 e. The normalized spacial score (nSPS) is 11.0. The van der Waals surface area contributed by atoms with Gasteiger partial charge in [-0.3, -0.25) is 9.36 Å². The second kappa shape index (κ2) is 6.43. The van der Waals surface area contributed by atoms with Crippen LogP contribution in [0, 0.1) is 0 Å². The number of hydrogen-bond donors (Lipinski definition) is 0. The van der Waals surface area contributed by atoms with Gasteiger partial charge in [0.25, 0.3) is 5.56 Å². The minimum atomic E-state index is -0.133. The molecule has 2 aromatic carbocycles. The van der Waals surface area contributed by atoms with Crippen molar-refractivity contribution in [3.63, 3.8) is 0 Å². The number of rotatable bonds is 2. The highest BCUT2D eigenvalue weighted by Gasteiger charge is 2.14. The van der Waals surface area contributed by atoms with E-state index in [1.807, 2.05) is 30.3 Å². The summed E-state index contributed by atoms with van der Waals surface area (Å²) in [5.74, 6) is 0.533. The number of halogens is 2. The molecule has 0 fully saturated rings. The van der Waals surface area contributed by atoms with Crippen molar-refractivity contribution in [2.24, 2.45) is 0 Å². The molecule has 0 aliphatic rings. The largest absolute Gasteiger partial charge is 0.268 e. The summed E-state index contributed by atoms with van der Waals surface area (Å²) < 4.78 is 2.31. The second-order valence-electron chi connectivity index (χ2n) is 5.44. The maximum absolute atomic E-state index is 13.1. The van der Waals surface area contributed by atoms with Crippen LogP contribution < -0.4 is 5.56 Å². The van der Waals surface area contributed by atoms with Gasteiger partial charge in [-0.05, 0) is 64.5 Å². The maximum Gasteiger partial charge on any atom is 0.266 e. The van der Waals surface area contributed by atoms with E-state index >= 15 is 0 Å². The van der Waals surface area contributed by atoms with Crippen molar-refractivity contribution in [2.45, 2.75) is 0 Å². The van der Waals surface area contributed by atoms with Crippen LogP contribution in [0.1, 0.15) is 0 Å². The van der Waals surface area contributed by atoms with E-state index in [1.165, 1.54) is 0 Å². The van der Waals surface area contributed by atoms with Crippen molar-refractivity contribution < 1.29 is 0 Å². The Morgan fingerprint density at radius 2 is 1.72 bits per heavy atom. The lowest BCUT2D eigenvalue weighted by atomic mass is 10.2. The number of aromatic nitrogens is 3. The Bertz CT molecular complexity index is 1120. The fraction of sp³-hybridized carbons (Fsp3) is 0. The van der Waals surface area contributed by atoms with E-state index in [2.05, 4.69) is 20.9 Å². The number of hydrogen-bond acceptors (Lipinski definition) is 3. The van der Waals surface area contributed by atoms with E-state index in [9.17, 15) is 4.79 Å². The van der Waals surface area contributed by atoms with Gasteiger partial charge in [-0.15, -0.1) is 0 Å². The highest BCUT2D eigenvalue weighted by atomic mass is 79.9. The van der Waals surface area contributed by atoms with E-state index in [0.717, 1.165) is 10.2 Å². The van der Waals surface area contributed by atoms with Crippen LogP contribution in [-0.4, -0.2) is 14.5 Å². The molecule has 0 atom stereocenters. The predicted octanol–water partition coefficient (Wildman–Crippen LogP) is 4.86. The summed E-state index contributed by atoms with van der Waals surface area (Å²) in [7, 11) is 0. The van der Waals surface area contributed by atoms with Crippen LogP contribution in [0.2, 0.25) is 5.02 Å². The maximum atomic E-state index is 13.1. The molecule has 0 bridgehead atoms. The zero-order valence-electron chi connectivity index (χ0n) is 12.9. The molecule has 0 radical (unpaired) electrons. The molecule has 0 unspecified atom stereocenters. The van der Waals surface area contributed by atoms with Crippen LogP contribution >= 0.6 is 27.5 Å². The van der Waals surface area contributed by atoms with Gasteiger partial charge in [0.15, 0.2) is 0 Å². The lowest BCUT2D eigenvalue weighted by Gasteiger charge is -2.14. The van der Waals surface area contributed by atoms with Gasteiger partial charge in [-0.25, -0.2) is 9.97 Å². The standard InChI is InChI=1S/C19H11BrClN3O/c20-17-10-5-12(11-22-17)18-23-16-4-2-1-3-15(16)19(25)24(18)14-8-6-13(21)7-9-14/h1-11H. The Labute approximate surface area is 156 Å². The third-order valence-electron chi connectivity index (χ3n) is 3.85. The molecule has 4 aromatic rings. The molecule has 0 saturated heterocycles. The van der Waals surface area contributed by atoms with Crippen molar-refractivity contribution >= 4 is 38.4 Å². The quantitative estimate of drug-likeness (QED) is 0.442. The van der Waals surface area contributed by atoms with E-state index in [1.54, 1.807) is 41.1 Å². The van der Waals surface area contributed by atoms with Gasteiger partial charge >= 0.3 is 0 Å². The zero-order valence-corrected chi connectivity index (χ0v) is 15.2. The summed E-state index contributed by atoms with van der Waals surface area (Å²) in [5.41, 5.74) is 1.97. The molecular weight excluding hydrogens is 402 g/mol. The minimum absolute atomic E-state index is 0.133. The molecule has 2 aromatic heterocycles. The Morgan fingerprint density at radius 3 is 2.44 bits per heavy atom. The first kappa shape index (κ1) is 16.0. The summed E-state index contributed by atoms with van der Waals surface area (Å²) in [5, 5.41) is 1.17. The Kier molecular flexibility index (Phi) is 4.11. The highest BCUT2D eigenvalue weighted by Crippen LogP contribution is 2.23. The van der Waals surface area contributed by atoms with Crippen molar-refractivity contribution in [3.05, 3.63) is 86.8 Å². The number of pyridine rings is 1. The van der Waals surface area contributed by atoms with Crippen molar-refractivity contribution in [1.82, 2.24) is 14.5 Å². The summed E-state index contributed by atoms with van der Waals surface area (Å²) in [6, 6.07) is 18.1. The first-order chi connectivity index (χ1) is 12.1. The summed E-state index contributed by atoms with van der Waals surface area (Å²) >= 11 is 9.32. The summed E-state index contributed by atoms with van der Waals surface area (Å²) in [4.78, 5) is 22.1. The van der Waals surface area contributed by atoms with Crippen molar-refractivity contribution in [2.75, 3.05) is 0 Å². The van der Waals surface area contributed by atoms with Gasteiger partial charge in [0.05, 0.1) is 16.6 Å². The molecule has 0 amide bonds. The van der Waals surface area contributed by atoms with Crippen LogP contribution in [0.4, 0.5) is 0 Å². The SMILES string of the molecule is O=c1c2ccccc2nc(-c2ccc(Br)nc2)n1-c1ccc(Cl)cc1. The van der Waals surface area contributed by atoms with Gasteiger partial charge in [0, 0.05) is 16.8 Å². The lowest BCUT2D eigenvalue weighted by molar-refractivity contribution is 0.973. The Hall–Kier alpha value is -2.50. The molecule has 6 heteroatoms. The highest BCUT2D eigenvalue weighted by molar-refractivity contribution is 9.10. The van der Waals surface area contributed by atoms with Crippen molar-refractivity contribution in [1.29, 1.82) is 0 Å². The molecule has 0 N–H and O–H groups in total. The van der Waals surface area contributed by atoms with Crippen LogP contribution in [0.5, 0.6) is 0 Å². The molecule has 4 nitrogen and oxygen atoms in total. The predicted molar refractivity (Wildman–Crippen MR) is 103 cm³/mol. The molecule has 122 valence electrons. The van der Waals surface area contributed by atoms with E-state index < -0.39 is 0 Å². The zero-order chi connectivity index (χ0) is 17.4. The fourth-order valence-electron chi connectivity index (χ4n) is 2.66. The van der Waals surface area contributed by atoms with Gasteiger partial charge in [-0.1, -0.05) is 23.7 Å². The topological polar surface area (TPSA) is 47.8 Å². The molecule has 0 aliphatic heterocycles. The number of nitrogens with zero attached hydrogens (tertiary/aromatic N) is 3. The van der Waals surface area contributed by atoms with Crippen LogP contribution in [0.3, 0.4) is 0 Å². The average molecular weight is 413 g/mol. The first-order valence-electron chi connectivity index (χ1n) is 7.53. The Morgan fingerprint density at radius 1 is 0.960 bits per heavy atom. The molecule has 0 aliphatic carbocycles. The fourth-order valence-corrected chi connectivity index (χ4v) is 3.02. The smallest absolute Gasteiger partial charge is 0.266 e. The molecule has 4 rings (SSSR count). The third-order valence-corrected chi connectivity index (χ3v) is 4.57. The molecule has 25 heavy (non-hydrogen) atoms. The van der Waals surface area contributed by atoms with E-state index in [0.29, 0.717) is 27.4 Å². The van der Waals surface area contributed by atoms with E-state index in [4.69, 9.17) is 16.6 Å².